The molecule has 1 aromatic carbocycles. The molecule has 1 fully saturated rings. The molecule has 0 aromatic heterocycles. The van der Waals surface area contributed by atoms with Crippen LogP contribution in [0.4, 0.5) is 4.39 Å². The van der Waals surface area contributed by atoms with Gasteiger partial charge in [0.1, 0.15) is 5.82 Å². The van der Waals surface area contributed by atoms with Crippen molar-refractivity contribution in [1.82, 2.24) is 10.2 Å². The molecule has 0 atom stereocenters. The molecule has 0 spiro atoms. The monoisotopic (exact) mass is 310 g/mol. The van der Waals surface area contributed by atoms with E-state index in [1.54, 1.807) is 12.1 Å². The average molecular weight is 310 g/mol. The van der Waals surface area contributed by atoms with Gasteiger partial charge in [-0.25, -0.2) is 4.39 Å². The van der Waals surface area contributed by atoms with Crippen LogP contribution in [-0.4, -0.2) is 61.4 Å². The van der Waals surface area contributed by atoms with E-state index in [-0.39, 0.29) is 24.1 Å². The molecule has 6 heteroatoms. The van der Waals surface area contributed by atoms with Gasteiger partial charge in [0.2, 0.25) is 0 Å². The van der Waals surface area contributed by atoms with Gasteiger partial charge in [0, 0.05) is 25.7 Å². The highest BCUT2D eigenvalue weighted by molar-refractivity contribution is 5.94. The predicted molar refractivity (Wildman–Crippen MR) is 81.2 cm³/mol. The summed E-state index contributed by atoms with van der Waals surface area (Å²) >= 11 is 0. The van der Waals surface area contributed by atoms with E-state index in [2.05, 4.69) is 10.2 Å². The molecule has 22 heavy (non-hydrogen) atoms. The molecule has 0 aliphatic carbocycles. The fourth-order valence-corrected chi connectivity index (χ4v) is 2.57. The molecule has 1 heterocycles. The number of halogens is 1. The molecule has 1 aromatic rings. The van der Waals surface area contributed by atoms with Crippen LogP contribution in [0.15, 0.2) is 24.3 Å². The second-order valence-electron chi connectivity index (χ2n) is 5.41. The first kappa shape index (κ1) is 16.9. The second-order valence-corrected chi connectivity index (χ2v) is 5.41. The molecule has 1 saturated heterocycles. The smallest absolute Gasteiger partial charge is 0.254 e. The molecule has 0 radical (unpaired) electrons. The Balaban J connectivity index is 1.71. The highest BCUT2D eigenvalue weighted by atomic mass is 19.1. The summed E-state index contributed by atoms with van der Waals surface area (Å²) in [6, 6.07) is 6.11. The first-order chi connectivity index (χ1) is 10.7. The van der Waals surface area contributed by atoms with E-state index < -0.39 is 5.82 Å². The molecule has 0 bridgehead atoms. The third-order valence-corrected chi connectivity index (χ3v) is 3.83. The van der Waals surface area contributed by atoms with Gasteiger partial charge in [0.25, 0.3) is 5.91 Å². The zero-order chi connectivity index (χ0) is 15.8. The van der Waals surface area contributed by atoms with Gasteiger partial charge in [-0.2, -0.15) is 0 Å². The summed E-state index contributed by atoms with van der Waals surface area (Å²) in [4.78, 5) is 14.3. The molecule has 5 nitrogen and oxygen atoms in total. The van der Waals surface area contributed by atoms with Gasteiger partial charge >= 0.3 is 0 Å². The van der Waals surface area contributed by atoms with Crippen molar-refractivity contribution in [3.63, 3.8) is 0 Å². The lowest BCUT2D eigenvalue weighted by atomic mass is 10.0. The van der Waals surface area contributed by atoms with Crippen molar-refractivity contribution in [3.05, 3.63) is 35.6 Å². The number of rotatable bonds is 7. The van der Waals surface area contributed by atoms with E-state index in [0.29, 0.717) is 13.2 Å². The number of piperidine rings is 1. The molecule has 1 aliphatic heterocycles. The Morgan fingerprint density at radius 3 is 2.73 bits per heavy atom. The maximum atomic E-state index is 13.6. The van der Waals surface area contributed by atoms with E-state index in [1.165, 1.54) is 12.1 Å². The van der Waals surface area contributed by atoms with Crippen LogP contribution in [-0.2, 0) is 4.74 Å². The summed E-state index contributed by atoms with van der Waals surface area (Å²) in [5, 5.41) is 11.5. The van der Waals surface area contributed by atoms with Crippen LogP contribution in [0.25, 0.3) is 0 Å². The molecule has 2 rings (SSSR count). The van der Waals surface area contributed by atoms with Crippen molar-refractivity contribution in [3.8, 4) is 0 Å². The Kier molecular flexibility index (Phi) is 6.76. The Hall–Kier alpha value is -1.50. The Morgan fingerprint density at radius 1 is 1.32 bits per heavy atom. The maximum Gasteiger partial charge on any atom is 0.254 e. The normalized spacial score (nSPS) is 16.6. The molecule has 0 unspecified atom stereocenters. The number of nitrogens with zero attached hydrogens (tertiary/aromatic N) is 1. The highest BCUT2D eigenvalue weighted by Gasteiger charge is 2.21. The maximum absolute atomic E-state index is 13.6. The van der Waals surface area contributed by atoms with Crippen molar-refractivity contribution in [2.75, 3.05) is 39.5 Å². The zero-order valence-electron chi connectivity index (χ0n) is 12.6. The molecule has 0 saturated carbocycles. The number of amides is 1. The standard InChI is InChI=1S/C16H23FN2O3/c17-15-4-2-1-3-14(15)16(21)18-13-5-7-19(8-6-13)9-11-22-12-10-20/h1-4,13,20H,5-12H2,(H,18,21). The van der Waals surface area contributed by atoms with Crippen LogP contribution < -0.4 is 5.32 Å². The molecular weight excluding hydrogens is 287 g/mol. The Labute approximate surface area is 130 Å². The molecule has 1 amide bonds. The largest absolute Gasteiger partial charge is 0.394 e. The van der Waals surface area contributed by atoms with E-state index >= 15 is 0 Å². The van der Waals surface area contributed by atoms with Crippen molar-refractivity contribution < 1.29 is 19.0 Å². The Bertz CT molecular complexity index is 476. The molecule has 2 N–H and O–H groups in total. The van der Waals surface area contributed by atoms with E-state index in [9.17, 15) is 9.18 Å². The number of benzene rings is 1. The van der Waals surface area contributed by atoms with Gasteiger partial charge < -0.3 is 20.1 Å². The fraction of sp³-hybridized carbons (Fsp3) is 0.562. The molecular formula is C16H23FN2O3. The van der Waals surface area contributed by atoms with Crippen LogP contribution in [0.2, 0.25) is 0 Å². The number of nitrogens with one attached hydrogen (secondary N) is 1. The summed E-state index contributed by atoms with van der Waals surface area (Å²) in [7, 11) is 0. The minimum absolute atomic E-state index is 0.0458. The summed E-state index contributed by atoms with van der Waals surface area (Å²) in [5.41, 5.74) is 0.0994. The van der Waals surface area contributed by atoms with Gasteiger partial charge in [0.05, 0.1) is 25.4 Å². The van der Waals surface area contributed by atoms with Crippen LogP contribution >= 0.6 is 0 Å². The summed E-state index contributed by atoms with van der Waals surface area (Å²) in [5.74, 6) is -0.832. The molecule has 122 valence electrons. The average Bonchev–Trinajstić information content (AvgIpc) is 2.53. The van der Waals surface area contributed by atoms with Crippen LogP contribution in [0.5, 0.6) is 0 Å². The minimum atomic E-state index is -0.488. The van der Waals surface area contributed by atoms with E-state index in [4.69, 9.17) is 9.84 Å². The third-order valence-electron chi connectivity index (χ3n) is 3.83. The first-order valence-electron chi connectivity index (χ1n) is 7.67. The highest BCUT2D eigenvalue weighted by Crippen LogP contribution is 2.12. The minimum Gasteiger partial charge on any atom is -0.394 e. The topological polar surface area (TPSA) is 61.8 Å². The van der Waals surface area contributed by atoms with Crippen LogP contribution in [0.1, 0.15) is 23.2 Å². The van der Waals surface area contributed by atoms with Gasteiger partial charge in [0.15, 0.2) is 0 Å². The number of carbonyl (C=O) groups excluding carboxylic acids is 1. The van der Waals surface area contributed by atoms with Crippen molar-refractivity contribution in [2.45, 2.75) is 18.9 Å². The number of hydrogen-bond donors (Lipinski definition) is 2. The predicted octanol–water partition coefficient (Wildman–Crippen LogP) is 1.03. The zero-order valence-corrected chi connectivity index (χ0v) is 12.6. The van der Waals surface area contributed by atoms with E-state index in [1.807, 2.05) is 0 Å². The summed E-state index contributed by atoms with van der Waals surface area (Å²) < 4.78 is 18.8. The number of ether oxygens (including phenoxy) is 1. The lowest BCUT2D eigenvalue weighted by molar-refractivity contribution is 0.0656. The number of aliphatic hydroxyl groups is 1. The van der Waals surface area contributed by atoms with Crippen molar-refractivity contribution in [2.24, 2.45) is 0 Å². The Morgan fingerprint density at radius 2 is 2.05 bits per heavy atom. The van der Waals surface area contributed by atoms with Gasteiger partial charge in [-0.1, -0.05) is 12.1 Å². The van der Waals surface area contributed by atoms with Crippen molar-refractivity contribution in [1.29, 1.82) is 0 Å². The number of aliphatic hydroxyl groups excluding tert-OH is 1. The molecule has 1 aliphatic rings. The number of likely N-dealkylation sites (tertiary alicyclic amines) is 1. The summed E-state index contributed by atoms with van der Waals surface area (Å²) in [6.45, 7) is 3.61. The lowest BCUT2D eigenvalue weighted by Gasteiger charge is -2.32. The third kappa shape index (κ3) is 5.05. The number of carbonyl (C=O) groups is 1. The lowest BCUT2D eigenvalue weighted by Crippen LogP contribution is -2.45. The summed E-state index contributed by atoms with van der Waals surface area (Å²) in [6.07, 6.45) is 1.69. The van der Waals surface area contributed by atoms with Gasteiger partial charge in [-0.05, 0) is 25.0 Å². The quantitative estimate of drug-likeness (QED) is 0.739. The first-order valence-corrected chi connectivity index (χ1v) is 7.67. The fourth-order valence-electron chi connectivity index (χ4n) is 2.57. The van der Waals surface area contributed by atoms with Crippen LogP contribution in [0.3, 0.4) is 0 Å². The van der Waals surface area contributed by atoms with E-state index in [0.717, 1.165) is 32.5 Å². The van der Waals surface area contributed by atoms with Gasteiger partial charge in [-0.15, -0.1) is 0 Å². The van der Waals surface area contributed by atoms with Gasteiger partial charge in [-0.3, -0.25) is 4.79 Å². The SMILES string of the molecule is O=C(NC1CCN(CCOCCO)CC1)c1ccccc1F. The van der Waals surface area contributed by atoms with Crippen molar-refractivity contribution >= 4 is 5.91 Å². The van der Waals surface area contributed by atoms with Crippen LogP contribution in [0, 0.1) is 5.82 Å². The number of hydrogen-bond acceptors (Lipinski definition) is 4. The second kappa shape index (κ2) is 8.82.